The number of aromatic nitrogens is 3. The van der Waals surface area contributed by atoms with Gasteiger partial charge >= 0.3 is 0 Å². The first-order valence-corrected chi connectivity index (χ1v) is 6.20. The van der Waals surface area contributed by atoms with Crippen molar-refractivity contribution < 1.29 is 0 Å². The van der Waals surface area contributed by atoms with Crippen LogP contribution in [-0.4, -0.2) is 13.7 Å². The molecule has 0 saturated heterocycles. The number of nitrogens with two attached hydrogens (primary N) is 1. The first kappa shape index (κ1) is 11.2. The van der Waals surface area contributed by atoms with E-state index in [4.69, 9.17) is 5.84 Å². The Morgan fingerprint density at radius 1 is 1.22 bits per heavy atom. The highest BCUT2D eigenvalue weighted by atomic mass is 32.1. The molecule has 5 nitrogen and oxygen atoms in total. The largest absolute Gasteiger partial charge is 0.271 e. The standard InChI is InChI=1S/C12H11N5S/c13-16-12(11-7-15-18-17-11)9-5-8-3-1-2-4-10(8)14-6-9/h1-7,12,16H,13H2. The Bertz CT molecular complexity index is 652. The molecule has 18 heavy (non-hydrogen) atoms. The van der Waals surface area contributed by atoms with E-state index in [1.165, 1.54) is 11.7 Å². The van der Waals surface area contributed by atoms with Gasteiger partial charge in [0.15, 0.2) is 0 Å². The Morgan fingerprint density at radius 3 is 2.89 bits per heavy atom. The topological polar surface area (TPSA) is 76.7 Å². The number of hydrazine groups is 1. The van der Waals surface area contributed by atoms with Gasteiger partial charge in [-0.1, -0.05) is 18.2 Å². The lowest BCUT2D eigenvalue weighted by Crippen LogP contribution is -2.29. The summed E-state index contributed by atoms with van der Waals surface area (Å²) >= 11 is 1.17. The summed E-state index contributed by atoms with van der Waals surface area (Å²) in [5.74, 6) is 5.60. The van der Waals surface area contributed by atoms with Crippen LogP contribution in [0, 0.1) is 0 Å². The van der Waals surface area contributed by atoms with Gasteiger partial charge in [0.25, 0.3) is 0 Å². The second-order valence-corrected chi connectivity index (χ2v) is 4.45. The predicted molar refractivity (Wildman–Crippen MR) is 70.8 cm³/mol. The smallest absolute Gasteiger partial charge is 0.0971 e. The van der Waals surface area contributed by atoms with Gasteiger partial charge in [-0.05, 0) is 17.7 Å². The van der Waals surface area contributed by atoms with Gasteiger partial charge in [0.05, 0.1) is 35.2 Å². The number of nitrogens with zero attached hydrogens (tertiary/aromatic N) is 3. The minimum Gasteiger partial charge on any atom is -0.271 e. The summed E-state index contributed by atoms with van der Waals surface area (Å²) in [5, 5.41) is 1.08. The Labute approximate surface area is 108 Å². The first-order chi connectivity index (χ1) is 8.88. The molecule has 0 aliphatic carbocycles. The molecular formula is C12H11N5S. The minimum absolute atomic E-state index is 0.180. The SMILES string of the molecule is NNC(c1cnc2ccccc2c1)c1cnsn1. The number of nitrogens with one attached hydrogen (secondary N) is 1. The Hall–Kier alpha value is -1.89. The number of hydrogen-bond acceptors (Lipinski definition) is 6. The number of rotatable bonds is 3. The molecule has 1 unspecified atom stereocenters. The molecular weight excluding hydrogens is 246 g/mol. The van der Waals surface area contributed by atoms with Gasteiger partial charge in [-0.2, -0.15) is 8.75 Å². The molecule has 0 bridgehead atoms. The Kier molecular flexibility index (Phi) is 2.97. The van der Waals surface area contributed by atoms with E-state index in [2.05, 4.69) is 25.2 Å². The molecule has 3 N–H and O–H groups in total. The summed E-state index contributed by atoms with van der Waals surface area (Å²) in [5.41, 5.74) is 5.50. The maximum atomic E-state index is 5.60. The van der Waals surface area contributed by atoms with Crippen LogP contribution in [0.25, 0.3) is 10.9 Å². The second kappa shape index (κ2) is 4.77. The summed E-state index contributed by atoms with van der Waals surface area (Å²) in [6.45, 7) is 0. The molecule has 1 aromatic carbocycles. The van der Waals surface area contributed by atoms with Crippen LogP contribution in [0.2, 0.25) is 0 Å². The molecule has 0 amide bonds. The van der Waals surface area contributed by atoms with Crippen LogP contribution < -0.4 is 11.3 Å². The van der Waals surface area contributed by atoms with Crippen LogP contribution >= 0.6 is 11.7 Å². The number of pyridine rings is 1. The zero-order valence-electron chi connectivity index (χ0n) is 9.45. The third-order valence-corrected chi connectivity index (χ3v) is 3.28. The number of para-hydroxylation sites is 1. The van der Waals surface area contributed by atoms with Gasteiger partial charge in [-0.15, -0.1) is 0 Å². The van der Waals surface area contributed by atoms with Crippen molar-refractivity contribution in [3.8, 4) is 0 Å². The van der Waals surface area contributed by atoms with Gasteiger partial charge in [0.1, 0.15) is 0 Å². The van der Waals surface area contributed by atoms with E-state index in [1.54, 1.807) is 6.20 Å². The third kappa shape index (κ3) is 1.97. The fourth-order valence-corrected chi connectivity index (χ4v) is 2.35. The maximum Gasteiger partial charge on any atom is 0.0971 e. The number of benzene rings is 1. The molecule has 6 heteroatoms. The Balaban J connectivity index is 2.07. The van der Waals surface area contributed by atoms with E-state index in [-0.39, 0.29) is 6.04 Å². The lowest BCUT2D eigenvalue weighted by atomic mass is 10.0. The van der Waals surface area contributed by atoms with E-state index in [0.717, 1.165) is 22.2 Å². The van der Waals surface area contributed by atoms with Crippen molar-refractivity contribution in [2.75, 3.05) is 0 Å². The first-order valence-electron chi connectivity index (χ1n) is 5.47. The van der Waals surface area contributed by atoms with Gasteiger partial charge in [-0.3, -0.25) is 10.8 Å². The van der Waals surface area contributed by atoms with Crippen molar-refractivity contribution in [2.45, 2.75) is 6.04 Å². The summed E-state index contributed by atoms with van der Waals surface area (Å²) in [4.78, 5) is 4.42. The summed E-state index contributed by atoms with van der Waals surface area (Å²) < 4.78 is 8.20. The molecule has 2 aromatic heterocycles. The van der Waals surface area contributed by atoms with Crippen molar-refractivity contribution >= 4 is 22.6 Å². The molecule has 0 radical (unpaired) electrons. The highest BCUT2D eigenvalue weighted by Crippen LogP contribution is 2.22. The molecule has 0 spiro atoms. The molecule has 0 aliphatic rings. The maximum absolute atomic E-state index is 5.60. The Morgan fingerprint density at radius 2 is 2.11 bits per heavy atom. The monoisotopic (exact) mass is 257 g/mol. The van der Waals surface area contributed by atoms with Gasteiger partial charge in [0.2, 0.25) is 0 Å². The number of hydrogen-bond donors (Lipinski definition) is 2. The molecule has 90 valence electrons. The fraction of sp³-hybridized carbons (Fsp3) is 0.0833. The predicted octanol–water partition coefficient (Wildman–Crippen LogP) is 1.64. The molecule has 0 aliphatic heterocycles. The highest BCUT2D eigenvalue weighted by molar-refractivity contribution is 6.99. The average Bonchev–Trinajstić information content (AvgIpc) is 2.93. The van der Waals surface area contributed by atoms with E-state index in [9.17, 15) is 0 Å². The van der Waals surface area contributed by atoms with Crippen LogP contribution in [0.4, 0.5) is 0 Å². The number of fused-ring (bicyclic) bond motifs is 1. The molecule has 1 atom stereocenters. The van der Waals surface area contributed by atoms with Crippen molar-refractivity contribution in [2.24, 2.45) is 5.84 Å². The molecule has 0 fully saturated rings. The highest BCUT2D eigenvalue weighted by Gasteiger charge is 2.15. The van der Waals surface area contributed by atoms with Crippen molar-refractivity contribution in [1.29, 1.82) is 0 Å². The molecule has 2 heterocycles. The van der Waals surface area contributed by atoms with Crippen LogP contribution in [0.5, 0.6) is 0 Å². The zero-order chi connectivity index (χ0) is 12.4. The van der Waals surface area contributed by atoms with Crippen LogP contribution in [-0.2, 0) is 0 Å². The zero-order valence-corrected chi connectivity index (χ0v) is 10.3. The summed E-state index contributed by atoms with van der Waals surface area (Å²) in [6, 6.07) is 9.85. The van der Waals surface area contributed by atoms with Crippen molar-refractivity contribution in [3.63, 3.8) is 0 Å². The van der Waals surface area contributed by atoms with Gasteiger partial charge < -0.3 is 0 Å². The van der Waals surface area contributed by atoms with E-state index in [1.807, 2.05) is 30.5 Å². The minimum atomic E-state index is -0.180. The molecule has 3 aromatic rings. The van der Waals surface area contributed by atoms with E-state index < -0.39 is 0 Å². The van der Waals surface area contributed by atoms with Crippen LogP contribution in [0.1, 0.15) is 17.3 Å². The molecule has 3 rings (SSSR count). The fourth-order valence-electron chi connectivity index (χ4n) is 1.90. The van der Waals surface area contributed by atoms with Crippen LogP contribution in [0.15, 0.2) is 42.7 Å². The van der Waals surface area contributed by atoms with Crippen molar-refractivity contribution in [3.05, 3.63) is 54.0 Å². The van der Waals surface area contributed by atoms with Crippen LogP contribution in [0.3, 0.4) is 0 Å². The molecule has 0 saturated carbocycles. The van der Waals surface area contributed by atoms with Gasteiger partial charge in [-0.25, -0.2) is 5.43 Å². The quantitative estimate of drug-likeness (QED) is 0.551. The summed E-state index contributed by atoms with van der Waals surface area (Å²) in [6.07, 6.45) is 3.52. The lowest BCUT2D eigenvalue weighted by molar-refractivity contribution is 0.624. The van der Waals surface area contributed by atoms with E-state index in [0.29, 0.717) is 0 Å². The normalized spacial score (nSPS) is 12.7. The second-order valence-electron chi connectivity index (χ2n) is 3.89. The van der Waals surface area contributed by atoms with E-state index >= 15 is 0 Å². The third-order valence-electron chi connectivity index (χ3n) is 2.79. The van der Waals surface area contributed by atoms with Crippen molar-refractivity contribution in [1.82, 2.24) is 19.2 Å². The average molecular weight is 257 g/mol. The van der Waals surface area contributed by atoms with Gasteiger partial charge in [0, 0.05) is 11.6 Å². The summed E-state index contributed by atoms with van der Waals surface area (Å²) in [7, 11) is 0. The lowest BCUT2D eigenvalue weighted by Gasteiger charge is -2.13.